The molecule has 0 aliphatic heterocycles. The first-order chi connectivity index (χ1) is 9.67. The average Bonchev–Trinajstić information content (AvgIpc) is 2.46. The highest BCUT2D eigenvalue weighted by molar-refractivity contribution is 5.91. The Hall–Kier alpha value is -2.40. The minimum atomic E-state index is -0.222. The van der Waals surface area contributed by atoms with Gasteiger partial charge < -0.3 is 15.8 Å². The van der Waals surface area contributed by atoms with Gasteiger partial charge in [0.2, 0.25) is 0 Å². The SMILES string of the molecule is Cc1cncc(NC(=O)COc2ccc(CN)cc2)c1. The summed E-state index contributed by atoms with van der Waals surface area (Å²) < 4.78 is 5.40. The van der Waals surface area contributed by atoms with Crippen molar-refractivity contribution in [2.75, 3.05) is 11.9 Å². The number of carbonyl (C=O) groups is 1. The summed E-state index contributed by atoms with van der Waals surface area (Å²) in [6.07, 6.45) is 3.33. The Morgan fingerprint density at radius 2 is 2.05 bits per heavy atom. The molecule has 1 aromatic carbocycles. The van der Waals surface area contributed by atoms with Crippen molar-refractivity contribution < 1.29 is 9.53 Å². The maximum atomic E-state index is 11.7. The Morgan fingerprint density at radius 3 is 2.70 bits per heavy atom. The molecule has 0 aliphatic rings. The standard InChI is InChI=1S/C15H17N3O2/c1-11-6-13(9-17-8-11)18-15(19)10-20-14-4-2-12(7-16)3-5-14/h2-6,8-9H,7,10,16H2,1H3,(H,18,19). The molecular weight excluding hydrogens is 254 g/mol. The monoisotopic (exact) mass is 271 g/mol. The van der Waals surface area contributed by atoms with Crippen LogP contribution >= 0.6 is 0 Å². The molecule has 0 atom stereocenters. The van der Waals surface area contributed by atoms with Gasteiger partial charge in [0.25, 0.3) is 5.91 Å². The Labute approximate surface area is 117 Å². The molecule has 0 unspecified atom stereocenters. The van der Waals surface area contributed by atoms with Gasteiger partial charge in [-0.25, -0.2) is 0 Å². The number of benzene rings is 1. The molecule has 1 heterocycles. The van der Waals surface area contributed by atoms with Gasteiger partial charge in [0.1, 0.15) is 5.75 Å². The normalized spacial score (nSPS) is 10.1. The van der Waals surface area contributed by atoms with Gasteiger partial charge in [-0.05, 0) is 36.2 Å². The third-order valence-corrected chi connectivity index (χ3v) is 2.69. The number of carbonyl (C=O) groups excluding carboxylic acids is 1. The fourth-order valence-corrected chi connectivity index (χ4v) is 1.69. The summed E-state index contributed by atoms with van der Waals surface area (Å²) in [6.45, 7) is 2.36. The fraction of sp³-hybridized carbons (Fsp3) is 0.200. The molecule has 0 saturated carbocycles. The van der Waals surface area contributed by atoms with Crippen LogP contribution in [0.5, 0.6) is 5.75 Å². The summed E-state index contributed by atoms with van der Waals surface area (Å²) in [5, 5.41) is 2.73. The van der Waals surface area contributed by atoms with E-state index in [9.17, 15) is 4.79 Å². The van der Waals surface area contributed by atoms with Gasteiger partial charge in [0.15, 0.2) is 6.61 Å². The molecule has 5 nitrogen and oxygen atoms in total. The summed E-state index contributed by atoms with van der Waals surface area (Å²) in [4.78, 5) is 15.7. The lowest BCUT2D eigenvalue weighted by molar-refractivity contribution is -0.118. The first-order valence-electron chi connectivity index (χ1n) is 6.30. The quantitative estimate of drug-likeness (QED) is 0.870. The van der Waals surface area contributed by atoms with Crippen LogP contribution in [0.2, 0.25) is 0 Å². The molecule has 5 heteroatoms. The minimum absolute atomic E-state index is 0.0457. The molecule has 3 N–H and O–H groups in total. The van der Waals surface area contributed by atoms with Crippen LogP contribution in [0.3, 0.4) is 0 Å². The molecule has 0 spiro atoms. The lowest BCUT2D eigenvalue weighted by atomic mass is 10.2. The van der Waals surface area contributed by atoms with Gasteiger partial charge >= 0.3 is 0 Å². The van der Waals surface area contributed by atoms with E-state index in [1.807, 2.05) is 25.1 Å². The Balaban J connectivity index is 1.85. The number of pyridine rings is 1. The van der Waals surface area contributed by atoms with Crippen molar-refractivity contribution in [2.45, 2.75) is 13.5 Å². The third kappa shape index (κ3) is 4.07. The second-order valence-electron chi connectivity index (χ2n) is 4.44. The molecule has 0 bridgehead atoms. The Morgan fingerprint density at radius 1 is 1.30 bits per heavy atom. The summed E-state index contributed by atoms with van der Waals surface area (Å²) in [5.74, 6) is 0.417. The van der Waals surface area contributed by atoms with Crippen LogP contribution < -0.4 is 15.8 Å². The van der Waals surface area contributed by atoms with Gasteiger partial charge in [-0.1, -0.05) is 12.1 Å². The average molecular weight is 271 g/mol. The van der Waals surface area contributed by atoms with E-state index >= 15 is 0 Å². The van der Waals surface area contributed by atoms with Crippen molar-refractivity contribution in [3.63, 3.8) is 0 Å². The van der Waals surface area contributed by atoms with Gasteiger partial charge in [-0.2, -0.15) is 0 Å². The van der Waals surface area contributed by atoms with Crippen molar-refractivity contribution in [3.05, 3.63) is 53.9 Å². The fourth-order valence-electron chi connectivity index (χ4n) is 1.69. The number of amides is 1. The minimum Gasteiger partial charge on any atom is -0.484 e. The lowest BCUT2D eigenvalue weighted by Gasteiger charge is -2.08. The van der Waals surface area contributed by atoms with Crippen LogP contribution in [0.1, 0.15) is 11.1 Å². The molecule has 0 radical (unpaired) electrons. The van der Waals surface area contributed by atoms with E-state index in [1.165, 1.54) is 0 Å². The molecule has 1 aromatic heterocycles. The smallest absolute Gasteiger partial charge is 0.262 e. The molecule has 2 rings (SSSR count). The van der Waals surface area contributed by atoms with Crippen LogP contribution in [0.15, 0.2) is 42.7 Å². The predicted molar refractivity (Wildman–Crippen MR) is 77.4 cm³/mol. The number of aromatic nitrogens is 1. The van der Waals surface area contributed by atoms with E-state index in [4.69, 9.17) is 10.5 Å². The van der Waals surface area contributed by atoms with E-state index in [-0.39, 0.29) is 12.5 Å². The van der Waals surface area contributed by atoms with Crippen LogP contribution in [0.25, 0.3) is 0 Å². The van der Waals surface area contributed by atoms with Crippen molar-refractivity contribution in [3.8, 4) is 5.75 Å². The molecular formula is C15H17N3O2. The number of nitrogens with one attached hydrogen (secondary N) is 1. The maximum absolute atomic E-state index is 11.7. The highest BCUT2D eigenvalue weighted by atomic mass is 16.5. The van der Waals surface area contributed by atoms with Crippen LogP contribution in [0.4, 0.5) is 5.69 Å². The van der Waals surface area contributed by atoms with E-state index in [0.717, 1.165) is 11.1 Å². The molecule has 0 aliphatic carbocycles. The van der Waals surface area contributed by atoms with Crippen molar-refractivity contribution in [1.29, 1.82) is 0 Å². The summed E-state index contributed by atoms with van der Waals surface area (Å²) in [7, 11) is 0. The topological polar surface area (TPSA) is 77.2 Å². The first-order valence-corrected chi connectivity index (χ1v) is 6.30. The number of ether oxygens (including phenoxy) is 1. The molecule has 104 valence electrons. The summed E-state index contributed by atoms with van der Waals surface area (Å²) in [6, 6.07) is 9.18. The van der Waals surface area contributed by atoms with Crippen LogP contribution in [0, 0.1) is 6.92 Å². The van der Waals surface area contributed by atoms with Gasteiger partial charge in [-0.15, -0.1) is 0 Å². The van der Waals surface area contributed by atoms with Crippen molar-refractivity contribution in [1.82, 2.24) is 4.98 Å². The molecule has 0 fully saturated rings. The van der Waals surface area contributed by atoms with Gasteiger partial charge in [-0.3, -0.25) is 9.78 Å². The third-order valence-electron chi connectivity index (χ3n) is 2.69. The number of rotatable bonds is 5. The zero-order valence-electron chi connectivity index (χ0n) is 11.3. The Kier molecular flexibility index (Phi) is 4.68. The highest BCUT2D eigenvalue weighted by Gasteiger charge is 2.04. The van der Waals surface area contributed by atoms with Crippen molar-refractivity contribution >= 4 is 11.6 Å². The lowest BCUT2D eigenvalue weighted by Crippen LogP contribution is -2.20. The zero-order chi connectivity index (χ0) is 14.4. The molecule has 1 amide bonds. The number of hydrogen-bond acceptors (Lipinski definition) is 4. The predicted octanol–water partition coefficient (Wildman–Crippen LogP) is 1.87. The van der Waals surface area contributed by atoms with Crippen LogP contribution in [-0.4, -0.2) is 17.5 Å². The second kappa shape index (κ2) is 6.68. The zero-order valence-corrected chi connectivity index (χ0v) is 11.3. The Bertz CT molecular complexity index is 582. The molecule has 0 saturated heterocycles. The highest BCUT2D eigenvalue weighted by Crippen LogP contribution is 2.12. The number of nitrogens with two attached hydrogens (primary N) is 1. The van der Waals surface area contributed by atoms with Crippen molar-refractivity contribution in [2.24, 2.45) is 5.73 Å². The van der Waals surface area contributed by atoms with E-state index < -0.39 is 0 Å². The van der Waals surface area contributed by atoms with Gasteiger partial charge in [0.05, 0.1) is 11.9 Å². The summed E-state index contributed by atoms with van der Waals surface area (Å²) in [5.41, 5.74) is 8.18. The number of hydrogen-bond donors (Lipinski definition) is 2. The number of aryl methyl sites for hydroxylation is 1. The molecule has 20 heavy (non-hydrogen) atoms. The van der Waals surface area contributed by atoms with E-state index in [0.29, 0.717) is 18.0 Å². The van der Waals surface area contributed by atoms with E-state index in [2.05, 4.69) is 10.3 Å². The summed E-state index contributed by atoms with van der Waals surface area (Å²) >= 11 is 0. The second-order valence-corrected chi connectivity index (χ2v) is 4.44. The van der Waals surface area contributed by atoms with Crippen LogP contribution in [-0.2, 0) is 11.3 Å². The molecule has 2 aromatic rings. The largest absolute Gasteiger partial charge is 0.484 e. The first kappa shape index (κ1) is 14.0. The number of anilines is 1. The van der Waals surface area contributed by atoms with E-state index in [1.54, 1.807) is 24.5 Å². The maximum Gasteiger partial charge on any atom is 0.262 e. The van der Waals surface area contributed by atoms with Gasteiger partial charge in [0, 0.05) is 12.7 Å². The number of nitrogens with zero attached hydrogens (tertiary/aromatic N) is 1.